The zero-order chi connectivity index (χ0) is 8.08. The fourth-order valence-electron chi connectivity index (χ4n) is 0. The first-order valence-electron chi connectivity index (χ1n) is 1.71. The van der Waals surface area contributed by atoms with Crippen LogP contribution in [0.2, 0.25) is 0 Å². The molecule has 0 aromatic rings. The SMILES string of the molecule is CC(=O)O.O=P(O)(O)O.[H+].[H+].[H-].[H-].[K+].[Na+].[Na+].[Na+].[Na+]. The van der Waals surface area contributed by atoms with Gasteiger partial charge in [-0.05, 0) is 0 Å². The number of carboxylic acid groups (broad SMARTS) is 1. The zero-order valence-corrected chi connectivity index (χ0v) is 21.6. The third kappa shape index (κ3) is 166. The predicted octanol–water partition coefficient (Wildman–Crippen LogP) is -15.4. The van der Waals surface area contributed by atoms with Crippen molar-refractivity contribution in [2.45, 2.75) is 6.92 Å². The van der Waals surface area contributed by atoms with Crippen LogP contribution in [0.5, 0.6) is 0 Å². The minimum atomic E-state index is -4.64. The number of rotatable bonds is 0. The van der Waals surface area contributed by atoms with E-state index in [9.17, 15) is 0 Å². The van der Waals surface area contributed by atoms with Crippen LogP contribution in [0.3, 0.4) is 0 Å². The van der Waals surface area contributed by atoms with Gasteiger partial charge >= 0.3 is 180 Å². The van der Waals surface area contributed by atoms with Crippen LogP contribution in [0, 0.1) is 0 Å². The summed E-state index contributed by atoms with van der Waals surface area (Å²) in [6, 6.07) is 0. The molecule has 0 saturated carbocycles. The smallest absolute Gasteiger partial charge is 1.00 e. The molecule has 0 aliphatic rings. The number of carboxylic acids is 1. The fraction of sp³-hybridized carbons (Fsp3) is 0.500. The molecule has 0 saturated heterocycles. The molecule has 0 aliphatic heterocycles. The fourth-order valence-corrected chi connectivity index (χ4v) is 0. The quantitative estimate of drug-likeness (QED) is 0.260. The Balaban J connectivity index is -0.00000000406. The molecule has 0 spiro atoms. The third-order valence-electron chi connectivity index (χ3n) is 0. The Kier molecular flexibility index (Phi) is 81.5. The zero-order valence-electron chi connectivity index (χ0n) is 13.6. The maximum Gasteiger partial charge on any atom is 1.00 e. The van der Waals surface area contributed by atoms with Gasteiger partial charge in [0.2, 0.25) is 0 Å². The number of carbonyl (C=O) groups is 1. The van der Waals surface area contributed by atoms with Crippen molar-refractivity contribution in [2.75, 3.05) is 0 Å². The molecule has 0 amide bonds. The summed E-state index contributed by atoms with van der Waals surface area (Å²) >= 11 is 0. The Labute approximate surface area is 220 Å². The molecule has 0 aromatic heterocycles. The van der Waals surface area contributed by atoms with E-state index >= 15 is 0 Å². The van der Waals surface area contributed by atoms with Gasteiger partial charge in [0, 0.05) is 6.92 Å². The second kappa shape index (κ2) is 26.7. The Morgan fingerprint density at radius 2 is 1.14 bits per heavy atom. The third-order valence-corrected chi connectivity index (χ3v) is 0. The van der Waals surface area contributed by atoms with E-state index < -0.39 is 13.8 Å². The van der Waals surface area contributed by atoms with Gasteiger partial charge in [0.25, 0.3) is 5.97 Å². The molecule has 12 heteroatoms. The first-order chi connectivity index (χ1) is 3.73. The van der Waals surface area contributed by atoms with E-state index in [0.29, 0.717) is 0 Å². The van der Waals surface area contributed by atoms with Crippen LogP contribution in [0.25, 0.3) is 0 Å². The Bertz CT molecular complexity index is 141. The maximum atomic E-state index is 9.00. The molecule has 0 heterocycles. The van der Waals surface area contributed by atoms with E-state index in [1.807, 2.05) is 0 Å². The van der Waals surface area contributed by atoms with Gasteiger partial charge in [0.1, 0.15) is 0 Å². The summed E-state index contributed by atoms with van der Waals surface area (Å²) in [4.78, 5) is 30.6. The summed E-state index contributed by atoms with van der Waals surface area (Å²) < 4.78 is 8.88. The summed E-state index contributed by atoms with van der Waals surface area (Å²) in [5.41, 5.74) is 0. The van der Waals surface area contributed by atoms with Crippen molar-refractivity contribution in [1.29, 1.82) is 0 Å². The van der Waals surface area contributed by atoms with E-state index in [2.05, 4.69) is 0 Å². The van der Waals surface area contributed by atoms with Gasteiger partial charge in [-0.25, -0.2) is 4.57 Å². The van der Waals surface area contributed by atoms with Gasteiger partial charge in [-0.1, -0.05) is 0 Å². The summed E-state index contributed by atoms with van der Waals surface area (Å²) in [5.74, 6) is -0.833. The number of hydrogen-bond donors (Lipinski definition) is 4. The van der Waals surface area contributed by atoms with Crippen molar-refractivity contribution in [3.63, 3.8) is 0 Å². The number of hydrogen-bond acceptors (Lipinski definition) is 2. The Morgan fingerprint density at radius 3 is 1.14 bits per heavy atom. The molecule has 0 radical (unpaired) electrons. The van der Waals surface area contributed by atoms with Crippen LogP contribution in [0.4, 0.5) is 0 Å². The van der Waals surface area contributed by atoms with Gasteiger partial charge in [-0.3, -0.25) is 4.79 Å². The van der Waals surface area contributed by atoms with Crippen molar-refractivity contribution in [3.8, 4) is 0 Å². The average molecular weight is 293 g/mol. The van der Waals surface area contributed by atoms with E-state index in [1.54, 1.807) is 0 Å². The predicted molar refractivity (Wildman–Crippen MR) is 32.0 cm³/mol. The topological polar surface area (TPSA) is 115 Å². The van der Waals surface area contributed by atoms with Crippen molar-refractivity contribution >= 4 is 13.8 Å². The van der Waals surface area contributed by atoms with Crippen LogP contribution in [-0.4, -0.2) is 25.8 Å². The van der Waals surface area contributed by atoms with E-state index in [0.717, 1.165) is 6.92 Å². The molecule has 0 aliphatic carbocycles. The molecule has 14 heavy (non-hydrogen) atoms. The summed E-state index contributed by atoms with van der Waals surface area (Å²) in [6.45, 7) is 1.08. The summed E-state index contributed by atoms with van der Waals surface area (Å²) in [6.07, 6.45) is 0. The second-order valence-corrected chi connectivity index (χ2v) is 2.06. The van der Waals surface area contributed by atoms with Crippen molar-refractivity contribution in [3.05, 3.63) is 0 Å². The monoisotopic (exact) mass is 293 g/mol. The maximum absolute atomic E-state index is 9.00. The molecular weight excluding hydrogens is 282 g/mol. The van der Waals surface area contributed by atoms with E-state index in [1.165, 1.54) is 0 Å². The Hall–Kier alpha value is 5.22. The second-order valence-electron chi connectivity index (χ2n) is 1.03. The standard InChI is InChI=1S/C2H4O2.K.4Na.H3O4P.2H/c1-2(3)4;;;;;;1-5(2,3)4;;/h1H3,(H,3,4);;;;;;(H3,1,2,3,4);;/q;5*+1;;2*-1/p+2. The van der Waals surface area contributed by atoms with Gasteiger partial charge in [0.05, 0.1) is 0 Å². The number of phosphoric acid groups is 1. The molecule has 0 fully saturated rings. The van der Waals surface area contributed by atoms with Crippen LogP contribution in [0.15, 0.2) is 0 Å². The largest absolute Gasteiger partial charge is 1.00 e. The molecular formula is C2H11KNa4O6P+5. The van der Waals surface area contributed by atoms with Gasteiger partial charge in [-0.15, -0.1) is 0 Å². The van der Waals surface area contributed by atoms with Gasteiger partial charge in [-0.2, -0.15) is 0 Å². The first kappa shape index (κ1) is 42.7. The van der Waals surface area contributed by atoms with Crippen LogP contribution in [0.1, 0.15) is 12.6 Å². The molecule has 0 atom stereocenters. The Morgan fingerprint density at radius 1 is 1.14 bits per heavy atom. The van der Waals surface area contributed by atoms with E-state index in [4.69, 9.17) is 29.1 Å². The normalized spacial score (nSPS) is 6.00. The van der Waals surface area contributed by atoms with E-state index in [-0.39, 0.29) is 175 Å². The molecule has 0 unspecified atom stereocenters. The van der Waals surface area contributed by atoms with Crippen LogP contribution >= 0.6 is 7.82 Å². The minimum absolute atomic E-state index is 0. The molecule has 4 N–H and O–H groups in total. The first-order valence-corrected chi connectivity index (χ1v) is 3.28. The molecule has 0 rings (SSSR count). The van der Waals surface area contributed by atoms with Crippen LogP contribution in [-0.2, 0) is 9.36 Å². The summed E-state index contributed by atoms with van der Waals surface area (Å²) in [7, 11) is -4.64. The van der Waals surface area contributed by atoms with Crippen LogP contribution < -0.4 is 170 Å². The van der Waals surface area contributed by atoms with Gasteiger partial charge in [0.15, 0.2) is 0 Å². The minimum Gasteiger partial charge on any atom is -1.00 e. The van der Waals surface area contributed by atoms with Crippen molar-refractivity contribution < 1.29 is 204 Å². The molecule has 0 aromatic carbocycles. The molecule has 60 valence electrons. The average Bonchev–Trinajstić information content (AvgIpc) is 1.19. The van der Waals surface area contributed by atoms with Gasteiger partial charge < -0.3 is 22.6 Å². The summed E-state index contributed by atoms with van der Waals surface area (Å²) in [5, 5.41) is 7.42. The molecule has 6 nitrogen and oxygen atoms in total. The van der Waals surface area contributed by atoms with Crippen molar-refractivity contribution in [1.82, 2.24) is 0 Å². The van der Waals surface area contributed by atoms with Crippen molar-refractivity contribution in [2.24, 2.45) is 0 Å². The molecule has 0 bridgehead atoms. The number of aliphatic carboxylic acids is 1.